The summed E-state index contributed by atoms with van der Waals surface area (Å²) in [6.07, 6.45) is 3.99. The number of carbonyl (C=O) groups is 1. The van der Waals surface area contributed by atoms with Gasteiger partial charge in [-0.25, -0.2) is 4.98 Å². The Balaban J connectivity index is 2.09. The molecule has 2 rings (SSSR count). The van der Waals surface area contributed by atoms with Gasteiger partial charge < -0.3 is 20.3 Å². The molecule has 0 bridgehead atoms. The summed E-state index contributed by atoms with van der Waals surface area (Å²) in [6, 6.07) is 1.61. The van der Waals surface area contributed by atoms with Crippen LogP contribution in [-0.4, -0.2) is 60.0 Å². The number of aromatic nitrogens is 1. The number of ether oxygens (including phenoxy) is 1. The molecular formula is C16H24N4O2. The minimum atomic E-state index is -0.0446. The lowest BCUT2D eigenvalue weighted by atomic mass is 10.2. The molecule has 6 nitrogen and oxygen atoms in total. The number of amides is 1. The molecule has 1 aliphatic rings. The monoisotopic (exact) mass is 304 g/mol. The minimum absolute atomic E-state index is 0.0446. The smallest absolute Gasteiger partial charge is 0.259 e. The Morgan fingerprint density at radius 1 is 1.45 bits per heavy atom. The summed E-state index contributed by atoms with van der Waals surface area (Å²) in [7, 11) is 0. The number of hydrogen-bond acceptors (Lipinski definition) is 5. The van der Waals surface area contributed by atoms with Crippen LogP contribution in [0.15, 0.2) is 24.9 Å². The number of anilines is 1. The van der Waals surface area contributed by atoms with Gasteiger partial charge in [-0.1, -0.05) is 13.0 Å². The molecule has 0 radical (unpaired) electrons. The third-order valence-electron chi connectivity index (χ3n) is 3.80. The third-order valence-corrected chi connectivity index (χ3v) is 3.80. The van der Waals surface area contributed by atoms with Crippen LogP contribution >= 0.6 is 0 Å². The first kappa shape index (κ1) is 16.3. The topological polar surface area (TPSA) is 71.7 Å². The molecule has 1 aromatic heterocycles. The molecule has 2 heterocycles. The lowest BCUT2D eigenvalue weighted by Crippen LogP contribution is -2.48. The fourth-order valence-electron chi connectivity index (χ4n) is 2.42. The Kier molecular flexibility index (Phi) is 5.77. The number of nitrogen functional groups attached to an aromatic ring is 1. The van der Waals surface area contributed by atoms with Gasteiger partial charge in [-0.15, -0.1) is 6.58 Å². The highest BCUT2D eigenvalue weighted by atomic mass is 16.5. The summed E-state index contributed by atoms with van der Waals surface area (Å²) in [4.78, 5) is 20.9. The van der Waals surface area contributed by atoms with E-state index in [1.54, 1.807) is 12.1 Å². The minimum Gasteiger partial charge on any atom is -0.492 e. The summed E-state index contributed by atoms with van der Waals surface area (Å²) < 4.78 is 5.66. The van der Waals surface area contributed by atoms with Crippen molar-refractivity contribution in [2.24, 2.45) is 0 Å². The summed E-state index contributed by atoms with van der Waals surface area (Å²) in [5.74, 6) is 0.801. The molecule has 2 N–H and O–H groups in total. The fourth-order valence-corrected chi connectivity index (χ4v) is 2.42. The van der Waals surface area contributed by atoms with E-state index in [2.05, 4.69) is 23.4 Å². The normalized spacial score (nSPS) is 15.6. The molecule has 22 heavy (non-hydrogen) atoms. The van der Waals surface area contributed by atoms with Crippen LogP contribution in [0.5, 0.6) is 5.75 Å². The van der Waals surface area contributed by atoms with Gasteiger partial charge in [0.1, 0.15) is 11.6 Å². The average Bonchev–Trinajstić information content (AvgIpc) is 2.55. The number of nitrogens with zero attached hydrogens (tertiary/aromatic N) is 3. The van der Waals surface area contributed by atoms with Crippen molar-refractivity contribution in [3.8, 4) is 5.75 Å². The lowest BCUT2D eigenvalue weighted by Gasteiger charge is -2.34. The molecule has 1 fully saturated rings. The maximum atomic E-state index is 12.7. The van der Waals surface area contributed by atoms with E-state index in [0.29, 0.717) is 30.2 Å². The van der Waals surface area contributed by atoms with Gasteiger partial charge in [0.2, 0.25) is 0 Å². The van der Waals surface area contributed by atoms with Gasteiger partial charge in [-0.05, 0) is 13.0 Å². The standard InChI is InChI=1S/C16H24N4O2/c1-3-5-10-22-14-11-15(17)18-12-13(14)16(21)20-8-6-19(4-2)7-9-20/h3,11-12H,1,4-10H2,2H3,(H2,17,18). The molecule has 0 unspecified atom stereocenters. The highest BCUT2D eigenvalue weighted by molar-refractivity contribution is 5.97. The predicted octanol–water partition coefficient (Wildman–Crippen LogP) is 1.40. The van der Waals surface area contributed by atoms with Gasteiger partial charge in [0, 0.05) is 38.4 Å². The van der Waals surface area contributed by atoms with E-state index in [9.17, 15) is 4.79 Å². The number of rotatable bonds is 6. The van der Waals surface area contributed by atoms with Crippen LogP contribution in [0.3, 0.4) is 0 Å². The number of carbonyl (C=O) groups excluding carboxylic acids is 1. The molecule has 1 saturated heterocycles. The van der Waals surface area contributed by atoms with E-state index in [1.165, 1.54) is 6.20 Å². The lowest BCUT2D eigenvalue weighted by molar-refractivity contribution is 0.0639. The molecule has 1 aliphatic heterocycles. The molecule has 0 aromatic carbocycles. The molecule has 0 spiro atoms. The van der Waals surface area contributed by atoms with Crippen LogP contribution in [0.25, 0.3) is 0 Å². The molecular weight excluding hydrogens is 280 g/mol. The summed E-state index contributed by atoms with van der Waals surface area (Å²) >= 11 is 0. The number of nitrogens with two attached hydrogens (primary N) is 1. The van der Waals surface area contributed by atoms with Crippen molar-refractivity contribution in [1.82, 2.24) is 14.8 Å². The average molecular weight is 304 g/mol. The largest absolute Gasteiger partial charge is 0.492 e. The Hall–Kier alpha value is -2.08. The first-order valence-corrected chi connectivity index (χ1v) is 7.66. The van der Waals surface area contributed by atoms with Crippen molar-refractivity contribution >= 4 is 11.7 Å². The van der Waals surface area contributed by atoms with Crippen molar-refractivity contribution in [3.63, 3.8) is 0 Å². The first-order chi connectivity index (χ1) is 10.7. The Morgan fingerprint density at radius 3 is 2.82 bits per heavy atom. The Morgan fingerprint density at radius 2 is 2.18 bits per heavy atom. The van der Waals surface area contributed by atoms with Crippen molar-refractivity contribution in [2.75, 3.05) is 45.1 Å². The second-order valence-corrected chi connectivity index (χ2v) is 5.26. The van der Waals surface area contributed by atoms with E-state index in [4.69, 9.17) is 10.5 Å². The van der Waals surface area contributed by atoms with Gasteiger partial charge in [0.25, 0.3) is 5.91 Å². The Labute approximate surface area is 131 Å². The molecule has 1 amide bonds. The van der Waals surface area contributed by atoms with Gasteiger partial charge in [-0.2, -0.15) is 0 Å². The number of likely N-dealkylation sites (N-methyl/N-ethyl adjacent to an activating group) is 1. The molecule has 0 aliphatic carbocycles. The van der Waals surface area contributed by atoms with Gasteiger partial charge in [0.05, 0.1) is 12.2 Å². The molecule has 6 heteroatoms. The second-order valence-electron chi connectivity index (χ2n) is 5.26. The zero-order chi connectivity index (χ0) is 15.9. The second kappa shape index (κ2) is 7.79. The summed E-state index contributed by atoms with van der Waals surface area (Å²) in [6.45, 7) is 10.5. The molecule has 120 valence electrons. The number of pyridine rings is 1. The van der Waals surface area contributed by atoms with Crippen molar-refractivity contribution in [1.29, 1.82) is 0 Å². The molecule has 1 aromatic rings. The highest BCUT2D eigenvalue weighted by Gasteiger charge is 2.24. The SMILES string of the molecule is C=CCCOc1cc(N)ncc1C(=O)N1CCN(CC)CC1. The van der Waals surface area contributed by atoms with E-state index >= 15 is 0 Å². The zero-order valence-corrected chi connectivity index (χ0v) is 13.1. The van der Waals surface area contributed by atoms with E-state index in [0.717, 1.165) is 32.7 Å². The number of hydrogen-bond donors (Lipinski definition) is 1. The van der Waals surface area contributed by atoms with Crippen LogP contribution in [0.1, 0.15) is 23.7 Å². The summed E-state index contributed by atoms with van der Waals surface area (Å²) in [5, 5.41) is 0. The number of piperazine rings is 1. The van der Waals surface area contributed by atoms with Crippen LogP contribution in [0, 0.1) is 0 Å². The van der Waals surface area contributed by atoms with Crippen LogP contribution in [-0.2, 0) is 0 Å². The van der Waals surface area contributed by atoms with Crippen LogP contribution in [0.4, 0.5) is 5.82 Å². The Bertz CT molecular complexity index is 525. The maximum absolute atomic E-state index is 12.7. The highest BCUT2D eigenvalue weighted by Crippen LogP contribution is 2.22. The van der Waals surface area contributed by atoms with E-state index in [-0.39, 0.29) is 5.91 Å². The van der Waals surface area contributed by atoms with Gasteiger partial charge in [-0.3, -0.25) is 4.79 Å². The molecule has 0 saturated carbocycles. The van der Waals surface area contributed by atoms with Crippen molar-refractivity contribution < 1.29 is 9.53 Å². The maximum Gasteiger partial charge on any atom is 0.259 e. The van der Waals surface area contributed by atoms with Crippen LogP contribution < -0.4 is 10.5 Å². The quantitative estimate of drug-likeness (QED) is 0.635. The zero-order valence-electron chi connectivity index (χ0n) is 13.1. The van der Waals surface area contributed by atoms with Gasteiger partial charge in [0.15, 0.2) is 0 Å². The summed E-state index contributed by atoms with van der Waals surface area (Å²) in [5.41, 5.74) is 6.18. The van der Waals surface area contributed by atoms with Crippen LogP contribution in [0.2, 0.25) is 0 Å². The van der Waals surface area contributed by atoms with Crippen molar-refractivity contribution in [2.45, 2.75) is 13.3 Å². The first-order valence-electron chi connectivity index (χ1n) is 7.66. The predicted molar refractivity (Wildman–Crippen MR) is 87.0 cm³/mol. The van der Waals surface area contributed by atoms with Gasteiger partial charge >= 0.3 is 0 Å². The van der Waals surface area contributed by atoms with Crippen molar-refractivity contribution in [3.05, 3.63) is 30.5 Å². The molecule has 0 atom stereocenters. The van der Waals surface area contributed by atoms with E-state index < -0.39 is 0 Å². The fraction of sp³-hybridized carbons (Fsp3) is 0.500. The third kappa shape index (κ3) is 3.98. The van der Waals surface area contributed by atoms with E-state index in [1.807, 2.05) is 4.90 Å².